The fraction of sp³-hybridized carbons (Fsp3) is 0.143. The number of hydrogen-bond acceptors (Lipinski definition) is 4. The van der Waals surface area contributed by atoms with Gasteiger partial charge in [0.05, 0.1) is 12.0 Å². The van der Waals surface area contributed by atoms with Crippen molar-refractivity contribution in [2.75, 3.05) is 12.4 Å². The van der Waals surface area contributed by atoms with E-state index in [9.17, 15) is 8.42 Å². The molecule has 0 heterocycles. The van der Waals surface area contributed by atoms with Gasteiger partial charge in [-0.05, 0) is 42.0 Å². The average Bonchev–Trinajstić information content (AvgIpc) is 2.45. The topological polar surface area (TPSA) is 75.6 Å². The summed E-state index contributed by atoms with van der Waals surface area (Å²) in [6, 6.07) is 13.5. The lowest BCUT2D eigenvalue weighted by molar-refractivity contribution is 0.414. The van der Waals surface area contributed by atoms with Crippen LogP contribution in [0.5, 0.6) is 5.75 Å². The molecule has 0 bridgehead atoms. The lowest BCUT2D eigenvalue weighted by atomic mass is 10.2. The average molecular weight is 293 g/mol. The van der Waals surface area contributed by atoms with Crippen LogP contribution in [-0.4, -0.2) is 20.1 Å². The van der Waals surface area contributed by atoms with Crippen LogP contribution in [0.3, 0.4) is 0 Å². The van der Waals surface area contributed by atoms with Crippen LogP contribution in [0.4, 0.5) is 5.69 Å². The van der Waals surface area contributed by atoms with Crippen molar-refractivity contribution in [1.82, 2.24) is 0 Å². The molecule has 0 radical (unpaired) electrons. The molecule has 2 rings (SSSR count). The van der Waals surface area contributed by atoms with E-state index in [0.717, 1.165) is 17.0 Å². The first kappa shape index (κ1) is 14.4. The van der Waals surface area contributed by atoms with E-state index in [1.807, 2.05) is 24.3 Å². The van der Waals surface area contributed by atoms with Crippen molar-refractivity contribution in [2.45, 2.75) is 11.4 Å². The lowest BCUT2D eigenvalue weighted by Crippen LogP contribution is -2.01. The van der Waals surface area contributed by atoms with E-state index >= 15 is 0 Å². The molecule has 0 atom stereocenters. The molecular formula is C14H15NO4S. The molecule has 0 saturated heterocycles. The Morgan fingerprint density at radius 1 is 1.05 bits per heavy atom. The van der Waals surface area contributed by atoms with Crippen LogP contribution >= 0.6 is 0 Å². The number of methoxy groups -OCH3 is 1. The third-order valence-corrected chi connectivity index (χ3v) is 3.68. The summed E-state index contributed by atoms with van der Waals surface area (Å²) in [5.41, 5.74) is 1.85. The van der Waals surface area contributed by atoms with E-state index in [2.05, 4.69) is 5.32 Å². The van der Waals surface area contributed by atoms with Gasteiger partial charge < -0.3 is 10.1 Å². The quantitative estimate of drug-likeness (QED) is 0.829. The van der Waals surface area contributed by atoms with Crippen LogP contribution in [0, 0.1) is 0 Å². The largest absolute Gasteiger partial charge is 0.497 e. The first-order valence-corrected chi connectivity index (χ1v) is 7.37. The Morgan fingerprint density at radius 3 is 2.15 bits per heavy atom. The molecule has 0 aliphatic carbocycles. The number of nitrogens with one attached hydrogen (secondary N) is 1. The van der Waals surface area contributed by atoms with Crippen molar-refractivity contribution in [2.24, 2.45) is 0 Å². The molecule has 0 spiro atoms. The molecule has 20 heavy (non-hydrogen) atoms. The predicted octanol–water partition coefficient (Wildman–Crippen LogP) is 2.55. The molecule has 2 aromatic rings. The van der Waals surface area contributed by atoms with E-state index in [4.69, 9.17) is 9.29 Å². The number of anilines is 1. The highest BCUT2D eigenvalue weighted by molar-refractivity contribution is 7.85. The second kappa shape index (κ2) is 5.94. The fourth-order valence-corrected chi connectivity index (χ4v) is 2.17. The standard InChI is InChI=1S/C14H15NO4S/c1-19-13-6-2-11(3-7-13)10-15-12-4-8-14(9-5-12)20(16,17)18/h2-9,15H,10H2,1H3,(H,16,17,18). The van der Waals surface area contributed by atoms with Crippen molar-refractivity contribution in [3.63, 3.8) is 0 Å². The second-order valence-electron chi connectivity index (χ2n) is 4.20. The van der Waals surface area contributed by atoms with Gasteiger partial charge in [0.1, 0.15) is 5.75 Å². The minimum Gasteiger partial charge on any atom is -0.497 e. The van der Waals surface area contributed by atoms with Gasteiger partial charge in [0.15, 0.2) is 0 Å². The van der Waals surface area contributed by atoms with Gasteiger partial charge in [-0.1, -0.05) is 12.1 Å². The zero-order chi connectivity index (χ0) is 14.6. The zero-order valence-electron chi connectivity index (χ0n) is 10.9. The maximum absolute atomic E-state index is 10.9. The van der Waals surface area contributed by atoms with Crippen molar-refractivity contribution in [1.29, 1.82) is 0 Å². The molecule has 5 nitrogen and oxygen atoms in total. The molecule has 0 unspecified atom stereocenters. The van der Waals surface area contributed by atoms with Crippen molar-refractivity contribution in [3.05, 3.63) is 54.1 Å². The lowest BCUT2D eigenvalue weighted by Gasteiger charge is -2.07. The highest BCUT2D eigenvalue weighted by Gasteiger charge is 2.08. The van der Waals surface area contributed by atoms with Crippen molar-refractivity contribution in [3.8, 4) is 5.75 Å². The Labute approximate surface area is 118 Å². The van der Waals surface area contributed by atoms with Crippen LogP contribution < -0.4 is 10.1 Å². The highest BCUT2D eigenvalue weighted by Crippen LogP contribution is 2.16. The van der Waals surface area contributed by atoms with Gasteiger partial charge >= 0.3 is 0 Å². The number of benzene rings is 2. The maximum atomic E-state index is 10.9. The molecule has 2 N–H and O–H groups in total. The van der Waals surface area contributed by atoms with E-state index < -0.39 is 10.1 Å². The van der Waals surface area contributed by atoms with Crippen LogP contribution in [0.15, 0.2) is 53.4 Å². The molecule has 0 aromatic heterocycles. The van der Waals surface area contributed by atoms with Gasteiger partial charge in [-0.15, -0.1) is 0 Å². The predicted molar refractivity (Wildman–Crippen MR) is 76.6 cm³/mol. The Kier molecular flexibility index (Phi) is 4.26. The molecule has 0 aliphatic rings. The number of ether oxygens (including phenoxy) is 1. The van der Waals surface area contributed by atoms with Crippen LogP contribution in [0.2, 0.25) is 0 Å². The third-order valence-electron chi connectivity index (χ3n) is 2.81. The van der Waals surface area contributed by atoms with Crippen LogP contribution in [0.1, 0.15) is 5.56 Å². The van der Waals surface area contributed by atoms with Gasteiger partial charge in [0.25, 0.3) is 10.1 Å². The smallest absolute Gasteiger partial charge is 0.294 e. The number of rotatable bonds is 5. The molecule has 0 aliphatic heterocycles. The van der Waals surface area contributed by atoms with Crippen LogP contribution in [-0.2, 0) is 16.7 Å². The zero-order valence-corrected chi connectivity index (χ0v) is 11.7. The summed E-state index contributed by atoms with van der Waals surface area (Å²) in [6.07, 6.45) is 0. The first-order chi connectivity index (χ1) is 9.49. The van der Waals surface area contributed by atoms with E-state index in [-0.39, 0.29) is 4.90 Å². The van der Waals surface area contributed by atoms with Crippen LogP contribution in [0.25, 0.3) is 0 Å². The summed E-state index contributed by atoms with van der Waals surface area (Å²) in [5.74, 6) is 0.797. The molecule has 0 amide bonds. The SMILES string of the molecule is COc1ccc(CNc2ccc(S(=O)(=O)O)cc2)cc1. The summed E-state index contributed by atoms with van der Waals surface area (Å²) in [6.45, 7) is 0.606. The summed E-state index contributed by atoms with van der Waals surface area (Å²) in [5, 5.41) is 3.16. The fourth-order valence-electron chi connectivity index (χ4n) is 1.69. The first-order valence-electron chi connectivity index (χ1n) is 5.93. The highest BCUT2D eigenvalue weighted by atomic mass is 32.2. The Bertz CT molecular complexity index is 663. The molecule has 6 heteroatoms. The molecular weight excluding hydrogens is 278 g/mol. The van der Waals surface area contributed by atoms with E-state index in [1.54, 1.807) is 19.2 Å². The monoisotopic (exact) mass is 293 g/mol. The Hall–Kier alpha value is -2.05. The second-order valence-corrected chi connectivity index (χ2v) is 5.62. The van der Waals surface area contributed by atoms with E-state index in [1.165, 1.54) is 12.1 Å². The number of hydrogen-bond donors (Lipinski definition) is 2. The van der Waals surface area contributed by atoms with Crippen molar-refractivity contribution < 1.29 is 17.7 Å². The van der Waals surface area contributed by atoms with Gasteiger partial charge in [-0.25, -0.2) is 0 Å². The van der Waals surface area contributed by atoms with E-state index in [0.29, 0.717) is 6.54 Å². The van der Waals surface area contributed by atoms with Crippen molar-refractivity contribution >= 4 is 15.8 Å². The van der Waals surface area contributed by atoms with Gasteiger partial charge in [-0.3, -0.25) is 4.55 Å². The summed E-state index contributed by atoms with van der Waals surface area (Å²) >= 11 is 0. The summed E-state index contributed by atoms with van der Waals surface area (Å²) in [4.78, 5) is -0.118. The Morgan fingerprint density at radius 2 is 1.65 bits per heavy atom. The van der Waals surface area contributed by atoms with Gasteiger partial charge in [0.2, 0.25) is 0 Å². The summed E-state index contributed by atoms with van der Waals surface area (Å²) < 4.78 is 35.8. The molecule has 0 fully saturated rings. The van der Waals surface area contributed by atoms with Gasteiger partial charge in [-0.2, -0.15) is 8.42 Å². The van der Waals surface area contributed by atoms with Gasteiger partial charge in [0, 0.05) is 12.2 Å². The normalized spacial score (nSPS) is 11.1. The molecule has 2 aromatic carbocycles. The molecule has 0 saturated carbocycles. The summed E-state index contributed by atoms with van der Waals surface area (Å²) in [7, 11) is -2.52. The third kappa shape index (κ3) is 3.72. The molecule has 106 valence electrons. The minimum absolute atomic E-state index is 0.118. The minimum atomic E-state index is -4.14. The maximum Gasteiger partial charge on any atom is 0.294 e. The Balaban J connectivity index is 2.00.